The minimum Gasteiger partial charge on any atom is -0.394 e. The van der Waals surface area contributed by atoms with Crippen molar-refractivity contribution in [2.24, 2.45) is 0 Å². The van der Waals surface area contributed by atoms with E-state index in [-0.39, 0.29) is 0 Å². The first-order valence-electron chi connectivity index (χ1n) is 4.63. The van der Waals surface area contributed by atoms with Crippen LogP contribution in [0.2, 0.25) is 0 Å². The van der Waals surface area contributed by atoms with Gasteiger partial charge < -0.3 is 25.2 Å². The number of nitrogens with zero attached hydrogens (tertiary/aromatic N) is 1. The minimum atomic E-state index is -1.85. The lowest BCUT2D eigenvalue weighted by Gasteiger charge is -2.20. The quantitative estimate of drug-likeness (QED) is 0.384. The van der Waals surface area contributed by atoms with Gasteiger partial charge in [-0.2, -0.15) is 5.26 Å². The molecule has 0 rings (SSSR count). The van der Waals surface area contributed by atoms with Crippen molar-refractivity contribution in [3.05, 3.63) is 0 Å². The summed E-state index contributed by atoms with van der Waals surface area (Å²) in [4.78, 5) is 11.2. The van der Waals surface area contributed by atoms with E-state index >= 15 is 0 Å². The Labute approximate surface area is 92.5 Å². The molecule has 16 heavy (non-hydrogen) atoms. The summed E-state index contributed by atoms with van der Waals surface area (Å²) < 4.78 is 4.71. The number of hydrogen-bond donors (Lipinski definition) is 4. The second-order valence-electron chi connectivity index (χ2n) is 3.23. The van der Waals surface area contributed by atoms with Crippen LogP contribution in [0.4, 0.5) is 0 Å². The molecule has 92 valence electrons. The molecule has 0 heterocycles. The first kappa shape index (κ1) is 15.0. The lowest BCUT2D eigenvalue weighted by molar-refractivity contribution is -0.145. The van der Waals surface area contributed by atoms with Gasteiger partial charge in [-0.15, -0.1) is 0 Å². The number of aliphatic hydroxyl groups excluding tert-OH is 4. The molecule has 0 aromatic rings. The summed E-state index contributed by atoms with van der Waals surface area (Å²) in [5, 5.41) is 44.2. The summed E-state index contributed by atoms with van der Waals surface area (Å²) in [7, 11) is 0. The van der Waals surface area contributed by atoms with Crippen LogP contribution in [0.25, 0.3) is 0 Å². The van der Waals surface area contributed by atoms with Gasteiger partial charge >= 0.3 is 0 Å². The van der Waals surface area contributed by atoms with Crippen molar-refractivity contribution in [1.82, 2.24) is 0 Å². The molecule has 0 saturated carbocycles. The number of hydrogen-bond acceptors (Lipinski definition) is 7. The van der Waals surface area contributed by atoms with Crippen LogP contribution in [-0.2, 0) is 9.53 Å². The van der Waals surface area contributed by atoms with Crippen molar-refractivity contribution in [3.8, 4) is 6.07 Å². The molecule has 7 nitrogen and oxygen atoms in total. The number of carbonyl (C=O) groups excluding carboxylic acids is 1. The van der Waals surface area contributed by atoms with E-state index in [0.717, 1.165) is 0 Å². The maximum absolute atomic E-state index is 11.2. The Balaban J connectivity index is 4.14. The smallest absolute Gasteiger partial charge is 0.189 e. The van der Waals surface area contributed by atoms with Gasteiger partial charge in [0.15, 0.2) is 5.78 Å². The van der Waals surface area contributed by atoms with Gasteiger partial charge in [0.25, 0.3) is 0 Å². The lowest BCUT2D eigenvalue weighted by Crippen LogP contribution is -2.45. The minimum absolute atomic E-state index is 0.550. The number of ether oxygens (including phenoxy) is 1. The first-order valence-corrected chi connectivity index (χ1v) is 4.63. The molecule has 0 saturated heterocycles. The average molecular weight is 233 g/mol. The van der Waals surface area contributed by atoms with Crippen molar-refractivity contribution in [1.29, 1.82) is 5.26 Å². The zero-order valence-electron chi connectivity index (χ0n) is 8.78. The summed E-state index contributed by atoms with van der Waals surface area (Å²) in [5.74, 6) is -0.873. The topological polar surface area (TPSA) is 131 Å². The molecule has 0 bridgehead atoms. The van der Waals surface area contributed by atoms with Crippen LogP contribution in [0.15, 0.2) is 0 Å². The summed E-state index contributed by atoms with van der Waals surface area (Å²) >= 11 is 0. The Hall–Kier alpha value is -1.04. The van der Waals surface area contributed by atoms with Crippen LogP contribution in [0.1, 0.15) is 6.92 Å². The molecule has 7 heteroatoms. The van der Waals surface area contributed by atoms with Crippen LogP contribution < -0.4 is 0 Å². The van der Waals surface area contributed by atoms with Gasteiger partial charge in [0.05, 0.1) is 12.7 Å². The van der Waals surface area contributed by atoms with Gasteiger partial charge in [-0.25, -0.2) is 0 Å². The standard InChI is InChI=1S/C9H15NO6/c1-5(2-10)16-4-7(13)9(15)8(14)6(12)3-11/h5-6,8-9,11-12,14-15H,3-4H2,1H3/t5?,6-,8+,9+/m1/s1. The van der Waals surface area contributed by atoms with Crippen molar-refractivity contribution in [2.75, 3.05) is 13.2 Å². The molecule has 0 aliphatic heterocycles. The molecule has 0 aromatic heterocycles. The Bertz CT molecular complexity index is 263. The Morgan fingerprint density at radius 2 is 2.00 bits per heavy atom. The van der Waals surface area contributed by atoms with Crippen LogP contribution in [0.3, 0.4) is 0 Å². The maximum atomic E-state index is 11.2. The number of nitriles is 1. The molecule has 0 fully saturated rings. The van der Waals surface area contributed by atoms with Crippen molar-refractivity contribution >= 4 is 5.78 Å². The SMILES string of the molecule is CC(C#N)OCC(=O)[C@H](O)[C@@H](O)[C@H](O)CO. The third-order valence-electron chi connectivity index (χ3n) is 1.89. The van der Waals surface area contributed by atoms with Gasteiger partial charge in [-0.05, 0) is 6.92 Å². The third-order valence-corrected chi connectivity index (χ3v) is 1.89. The van der Waals surface area contributed by atoms with Gasteiger partial charge in [-0.1, -0.05) is 0 Å². The molecule has 0 amide bonds. The number of aliphatic hydroxyl groups is 4. The lowest BCUT2D eigenvalue weighted by atomic mass is 10.1. The van der Waals surface area contributed by atoms with E-state index < -0.39 is 43.4 Å². The molecule has 0 radical (unpaired) electrons. The predicted octanol–water partition coefficient (Wildman–Crippen LogP) is -2.44. The van der Waals surface area contributed by atoms with Crippen molar-refractivity contribution < 1.29 is 30.0 Å². The zero-order valence-corrected chi connectivity index (χ0v) is 8.78. The van der Waals surface area contributed by atoms with Gasteiger partial charge in [0.2, 0.25) is 0 Å². The van der Waals surface area contributed by atoms with Gasteiger partial charge in [-0.3, -0.25) is 4.79 Å². The highest BCUT2D eigenvalue weighted by Crippen LogP contribution is 2.02. The second-order valence-corrected chi connectivity index (χ2v) is 3.23. The molecular weight excluding hydrogens is 218 g/mol. The zero-order chi connectivity index (χ0) is 12.7. The fourth-order valence-electron chi connectivity index (χ4n) is 0.839. The van der Waals surface area contributed by atoms with E-state index in [1.807, 2.05) is 0 Å². The largest absolute Gasteiger partial charge is 0.394 e. The third kappa shape index (κ3) is 4.65. The fraction of sp³-hybridized carbons (Fsp3) is 0.778. The van der Waals surface area contributed by atoms with E-state index in [1.54, 1.807) is 6.07 Å². The van der Waals surface area contributed by atoms with Crippen LogP contribution in [0.5, 0.6) is 0 Å². The van der Waals surface area contributed by atoms with Gasteiger partial charge in [0, 0.05) is 0 Å². The summed E-state index contributed by atoms with van der Waals surface area (Å²) in [6.45, 7) is 0.0880. The Morgan fingerprint density at radius 3 is 2.44 bits per heavy atom. The van der Waals surface area contributed by atoms with E-state index in [9.17, 15) is 15.0 Å². The highest BCUT2D eigenvalue weighted by atomic mass is 16.5. The van der Waals surface area contributed by atoms with Crippen LogP contribution >= 0.6 is 0 Å². The molecule has 4 atom stereocenters. The molecule has 4 N–H and O–H groups in total. The normalized spacial score (nSPS) is 18.2. The number of carbonyl (C=O) groups is 1. The number of Topliss-reactive ketones (excluding diaryl/α,β-unsaturated/α-hetero) is 1. The van der Waals surface area contributed by atoms with E-state index in [1.165, 1.54) is 6.92 Å². The van der Waals surface area contributed by atoms with E-state index in [0.29, 0.717) is 0 Å². The molecular formula is C9H15NO6. The first-order chi connectivity index (χ1) is 7.43. The fourth-order valence-corrected chi connectivity index (χ4v) is 0.839. The van der Waals surface area contributed by atoms with Crippen molar-refractivity contribution in [2.45, 2.75) is 31.3 Å². The summed E-state index contributed by atoms with van der Waals surface area (Å²) in [6.07, 6.45) is -6.05. The second kappa shape index (κ2) is 7.27. The van der Waals surface area contributed by atoms with Gasteiger partial charge in [0.1, 0.15) is 31.0 Å². The monoisotopic (exact) mass is 233 g/mol. The average Bonchev–Trinajstić information content (AvgIpc) is 2.32. The number of rotatable bonds is 7. The van der Waals surface area contributed by atoms with Crippen LogP contribution in [-0.4, -0.2) is 63.8 Å². The summed E-state index contributed by atoms with van der Waals surface area (Å²) in [5.41, 5.74) is 0. The van der Waals surface area contributed by atoms with E-state index in [4.69, 9.17) is 20.2 Å². The Kier molecular flexibility index (Phi) is 6.80. The number of ketones is 1. The van der Waals surface area contributed by atoms with E-state index in [2.05, 4.69) is 0 Å². The molecule has 0 aliphatic rings. The predicted molar refractivity (Wildman–Crippen MR) is 51.1 cm³/mol. The molecule has 0 aromatic carbocycles. The summed E-state index contributed by atoms with van der Waals surface area (Å²) in [6, 6.07) is 1.71. The molecule has 0 spiro atoms. The highest BCUT2D eigenvalue weighted by molar-refractivity contribution is 5.84. The Morgan fingerprint density at radius 1 is 1.44 bits per heavy atom. The van der Waals surface area contributed by atoms with Crippen LogP contribution in [0, 0.1) is 11.3 Å². The highest BCUT2D eigenvalue weighted by Gasteiger charge is 2.29. The maximum Gasteiger partial charge on any atom is 0.189 e. The van der Waals surface area contributed by atoms with Crippen molar-refractivity contribution in [3.63, 3.8) is 0 Å². The molecule has 1 unspecified atom stereocenters. The molecule has 0 aliphatic carbocycles.